The number of rotatable bonds is 6. The van der Waals surface area contributed by atoms with Crippen LogP contribution in [0.25, 0.3) is 0 Å². The summed E-state index contributed by atoms with van der Waals surface area (Å²) in [6.45, 7) is 3.89. The molecule has 2 heterocycles. The van der Waals surface area contributed by atoms with Gasteiger partial charge in [0.1, 0.15) is 6.61 Å². The Hall–Kier alpha value is -2.83. The fraction of sp³-hybridized carbons (Fsp3) is 0.261. The normalized spacial score (nSPS) is 17.2. The number of nitrogens with zero attached hydrogens (tertiary/aromatic N) is 4. The maximum Gasteiger partial charge on any atom is 0.295 e. The third kappa shape index (κ3) is 5.09. The van der Waals surface area contributed by atoms with E-state index in [1.54, 1.807) is 12.1 Å². The highest BCUT2D eigenvalue weighted by atomic mass is 35.5. The lowest BCUT2D eigenvalue weighted by Gasteiger charge is -2.20. The molecule has 0 radical (unpaired) electrons. The second kappa shape index (κ2) is 9.54. The Kier molecular flexibility index (Phi) is 6.59. The molecule has 1 saturated heterocycles. The molecule has 1 atom stereocenters. The molecule has 2 aromatic carbocycles. The Morgan fingerprint density at radius 2 is 2.03 bits per heavy atom. The number of carbonyl (C=O) groups excluding carboxylic acids is 1. The molecule has 1 amide bonds. The molecule has 0 saturated carbocycles. The van der Waals surface area contributed by atoms with Crippen molar-refractivity contribution in [3.8, 4) is 0 Å². The van der Waals surface area contributed by atoms with Crippen LogP contribution in [0.2, 0.25) is 10.0 Å². The summed E-state index contributed by atoms with van der Waals surface area (Å²) in [5.74, 6) is -0.456. The van der Waals surface area contributed by atoms with Crippen molar-refractivity contribution in [2.45, 2.75) is 25.9 Å². The van der Waals surface area contributed by atoms with E-state index in [1.165, 1.54) is 11.6 Å². The van der Waals surface area contributed by atoms with Gasteiger partial charge in [-0.1, -0.05) is 53.5 Å². The molecule has 0 aliphatic carbocycles. The Bertz CT molecular complexity index is 1100. The molecule has 1 aliphatic rings. The lowest BCUT2D eigenvalue weighted by atomic mass is 10.1. The quantitative estimate of drug-likeness (QED) is 0.539. The van der Waals surface area contributed by atoms with Crippen LogP contribution >= 0.6 is 23.2 Å². The smallest absolute Gasteiger partial charge is 0.295 e. The van der Waals surface area contributed by atoms with Gasteiger partial charge in [-0.15, -0.1) is 0 Å². The summed E-state index contributed by atoms with van der Waals surface area (Å²) in [6.07, 6.45) is 4.59. The number of hydrogen-bond donors (Lipinski definition) is 0. The first-order valence-corrected chi connectivity index (χ1v) is 10.8. The first kappa shape index (κ1) is 21.4. The number of hydrogen-bond acceptors (Lipinski definition) is 3. The number of imidazole rings is 1. The Morgan fingerprint density at radius 3 is 2.77 bits per heavy atom. The first-order valence-electron chi connectivity index (χ1n) is 10.1. The van der Waals surface area contributed by atoms with E-state index < -0.39 is 5.91 Å². The Labute approximate surface area is 191 Å². The van der Waals surface area contributed by atoms with E-state index in [-0.39, 0.29) is 11.1 Å². The zero-order valence-electron chi connectivity index (χ0n) is 17.0. The summed E-state index contributed by atoms with van der Waals surface area (Å²) in [7, 11) is 0. The average molecular weight is 457 g/mol. The summed E-state index contributed by atoms with van der Waals surface area (Å²) >= 11 is 12.0. The fourth-order valence-electron chi connectivity index (χ4n) is 3.60. The molecule has 3 aromatic rings. The van der Waals surface area contributed by atoms with Crippen molar-refractivity contribution in [1.82, 2.24) is 14.5 Å². The second-order valence-corrected chi connectivity index (χ2v) is 8.15. The summed E-state index contributed by atoms with van der Waals surface area (Å²) < 4.78 is 7.82. The SMILES string of the molecule is CCN1C(=NC(=O)c2ccc(Cl)cc2Cl)OC[C@@H]1Cc1cn(Cc2ccccc2)cn1. The standard InChI is InChI=1S/C23H22Cl2N4O2/c1-2-29-19(11-18-13-28(15-26-18)12-16-6-4-3-5-7-16)14-31-23(29)27-22(30)20-9-8-17(24)10-21(20)25/h3-10,13,15,19H,2,11-12,14H2,1H3/t19-/m0/s1. The lowest BCUT2D eigenvalue weighted by molar-refractivity contribution is 0.0998. The number of aromatic nitrogens is 2. The van der Waals surface area contributed by atoms with Crippen LogP contribution in [0.4, 0.5) is 0 Å². The number of benzene rings is 2. The zero-order chi connectivity index (χ0) is 21.8. The molecular weight excluding hydrogens is 435 g/mol. The summed E-state index contributed by atoms with van der Waals surface area (Å²) in [5.41, 5.74) is 2.48. The Balaban J connectivity index is 1.44. The highest BCUT2D eigenvalue weighted by Crippen LogP contribution is 2.23. The molecule has 0 unspecified atom stereocenters. The molecular formula is C23H22Cl2N4O2. The van der Waals surface area contributed by atoms with E-state index in [9.17, 15) is 4.79 Å². The fourth-order valence-corrected chi connectivity index (χ4v) is 4.09. The van der Waals surface area contributed by atoms with Crippen molar-refractivity contribution in [1.29, 1.82) is 0 Å². The van der Waals surface area contributed by atoms with Crippen molar-refractivity contribution in [3.63, 3.8) is 0 Å². The maximum atomic E-state index is 12.6. The van der Waals surface area contributed by atoms with Gasteiger partial charge in [-0.05, 0) is 30.7 Å². The highest BCUT2D eigenvalue weighted by Gasteiger charge is 2.31. The van der Waals surface area contributed by atoms with Gasteiger partial charge in [0, 0.05) is 30.7 Å². The van der Waals surface area contributed by atoms with E-state index in [4.69, 9.17) is 27.9 Å². The van der Waals surface area contributed by atoms with Crippen LogP contribution < -0.4 is 0 Å². The van der Waals surface area contributed by atoms with Crippen molar-refractivity contribution < 1.29 is 9.53 Å². The van der Waals surface area contributed by atoms with E-state index >= 15 is 0 Å². The molecule has 0 bridgehead atoms. The third-order valence-corrected chi connectivity index (χ3v) is 5.68. The average Bonchev–Trinajstić information content (AvgIpc) is 3.35. The van der Waals surface area contributed by atoms with E-state index in [2.05, 4.69) is 32.9 Å². The number of amidine groups is 1. The largest absolute Gasteiger partial charge is 0.463 e. The molecule has 1 fully saturated rings. The molecule has 0 spiro atoms. The predicted molar refractivity (Wildman–Crippen MR) is 122 cm³/mol. The van der Waals surface area contributed by atoms with E-state index in [1.807, 2.05) is 36.4 Å². The van der Waals surface area contributed by atoms with Crippen molar-refractivity contribution in [3.05, 3.63) is 87.9 Å². The second-order valence-electron chi connectivity index (χ2n) is 7.30. The maximum absolute atomic E-state index is 12.6. The number of aliphatic imine (C=N–C) groups is 1. The van der Waals surface area contributed by atoms with Crippen LogP contribution in [0.5, 0.6) is 0 Å². The van der Waals surface area contributed by atoms with Crippen molar-refractivity contribution in [2.75, 3.05) is 13.2 Å². The first-order chi connectivity index (χ1) is 15.0. The molecule has 1 aromatic heterocycles. The van der Waals surface area contributed by atoms with Crippen molar-refractivity contribution in [2.24, 2.45) is 4.99 Å². The Morgan fingerprint density at radius 1 is 1.23 bits per heavy atom. The van der Waals surface area contributed by atoms with Gasteiger partial charge in [-0.2, -0.15) is 4.99 Å². The van der Waals surface area contributed by atoms with Gasteiger partial charge in [0.05, 0.1) is 28.6 Å². The zero-order valence-corrected chi connectivity index (χ0v) is 18.6. The van der Waals surface area contributed by atoms with Crippen LogP contribution in [-0.2, 0) is 17.7 Å². The van der Waals surface area contributed by atoms with E-state index in [0.717, 1.165) is 12.2 Å². The molecule has 31 heavy (non-hydrogen) atoms. The number of ether oxygens (including phenoxy) is 1. The van der Waals surface area contributed by atoms with Gasteiger partial charge in [-0.3, -0.25) is 4.79 Å². The van der Waals surface area contributed by atoms with Gasteiger partial charge >= 0.3 is 0 Å². The van der Waals surface area contributed by atoms with Gasteiger partial charge < -0.3 is 14.2 Å². The highest BCUT2D eigenvalue weighted by molar-refractivity contribution is 6.36. The van der Waals surface area contributed by atoms with Crippen LogP contribution in [0.3, 0.4) is 0 Å². The van der Waals surface area contributed by atoms with Crippen LogP contribution in [-0.4, -0.2) is 45.6 Å². The summed E-state index contributed by atoms with van der Waals surface area (Å²) in [6, 6.07) is 15.3. The van der Waals surface area contributed by atoms with Gasteiger partial charge in [0.25, 0.3) is 11.9 Å². The lowest BCUT2D eigenvalue weighted by Crippen LogP contribution is -2.36. The number of likely N-dealkylation sites (N-methyl/N-ethyl adjacent to an activating group) is 1. The molecule has 160 valence electrons. The minimum atomic E-state index is -0.456. The molecule has 0 N–H and O–H groups in total. The van der Waals surface area contributed by atoms with Gasteiger partial charge in [0.2, 0.25) is 0 Å². The number of carbonyl (C=O) groups is 1. The summed E-state index contributed by atoms with van der Waals surface area (Å²) in [5, 5.41) is 0.733. The molecule has 8 heteroatoms. The van der Waals surface area contributed by atoms with Crippen LogP contribution in [0.1, 0.15) is 28.5 Å². The van der Waals surface area contributed by atoms with Gasteiger partial charge in [0.15, 0.2) is 0 Å². The third-order valence-electron chi connectivity index (χ3n) is 5.13. The number of halogens is 2. The van der Waals surface area contributed by atoms with E-state index in [0.29, 0.717) is 36.2 Å². The predicted octanol–water partition coefficient (Wildman–Crippen LogP) is 4.70. The summed E-state index contributed by atoms with van der Waals surface area (Å²) in [4.78, 5) is 23.3. The molecule has 6 nitrogen and oxygen atoms in total. The number of amides is 1. The van der Waals surface area contributed by atoms with Crippen LogP contribution in [0.15, 0.2) is 66.0 Å². The molecule has 4 rings (SSSR count). The van der Waals surface area contributed by atoms with Gasteiger partial charge in [-0.25, -0.2) is 4.98 Å². The minimum absolute atomic E-state index is 0.0531. The topological polar surface area (TPSA) is 59.7 Å². The van der Waals surface area contributed by atoms with Crippen molar-refractivity contribution >= 4 is 35.1 Å². The monoisotopic (exact) mass is 456 g/mol. The minimum Gasteiger partial charge on any atom is -0.463 e. The molecule has 1 aliphatic heterocycles. The van der Waals surface area contributed by atoms with Crippen LogP contribution in [0, 0.1) is 0 Å².